The molecule has 0 spiro atoms. The first-order chi connectivity index (χ1) is 10.2. The Bertz CT molecular complexity index is 810. The molecule has 1 aliphatic rings. The summed E-state index contributed by atoms with van der Waals surface area (Å²) in [5, 5.41) is 2.20. The number of fused-ring (bicyclic) bond motifs is 3. The van der Waals surface area contributed by atoms with Crippen molar-refractivity contribution in [1.29, 1.82) is 0 Å². The Morgan fingerprint density at radius 2 is 2.14 bits per heavy atom. The van der Waals surface area contributed by atoms with E-state index >= 15 is 0 Å². The predicted molar refractivity (Wildman–Crippen MR) is 82.4 cm³/mol. The Morgan fingerprint density at radius 3 is 3.00 bits per heavy atom. The molecule has 0 aromatic carbocycles. The van der Waals surface area contributed by atoms with E-state index < -0.39 is 6.17 Å². The first kappa shape index (κ1) is 12.6. The van der Waals surface area contributed by atoms with Gasteiger partial charge in [-0.25, -0.2) is 9.37 Å². The smallest absolute Gasteiger partial charge is 0.143 e. The minimum atomic E-state index is -0.743. The van der Waals surface area contributed by atoms with Crippen LogP contribution in [0.1, 0.15) is 12.8 Å². The second-order valence-corrected chi connectivity index (χ2v) is 5.68. The molecule has 1 fully saturated rings. The summed E-state index contributed by atoms with van der Waals surface area (Å²) in [7, 11) is 2.01. The van der Waals surface area contributed by atoms with Crippen LogP contribution in [-0.4, -0.2) is 33.8 Å². The molecule has 1 aliphatic heterocycles. The van der Waals surface area contributed by atoms with Crippen LogP contribution in [0.2, 0.25) is 0 Å². The Hall–Kier alpha value is -2.17. The van der Waals surface area contributed by atoms with Crippen molar-refractivity contribution in [3.8, 4) is 0 Å². The topological polar surface area (TPSA) is 34.0 Å². The van der Waals surface area contributed by atoms with Crippen LogP contribution in [0.25, 0.3) is 21.9 Å². The van der Waals surface area contributed by atoms with E-state index in [4.69, 9.17) is 4.98 Å². The van der Waals surface area contributed by atoms with Crippen molar-refractivity contribution in [2.45, 2.75) is 19.0 Å². The zero-order chi connectivity index (χ0) is 14.4. The maximum atomic E-state index is 13.6. The summed E-state index contributed by atoms with van der Waals surface area (Å²) in [5.74, 6) is 0.865. The lowest BCUT2D eigenvalue weighted by molar-refractivity contribution is 0.286. The van der Waals surface area contributed by atoms with Gasteiger partial charge in [0.1, 0.15) is 17.6 Å². The number of halogens is 1. The van der Waals surface area contributed by atoms with Crippen molar-refractivity contribution in [2.24, 2.45) is 7.05 Å². The third-order valence-corrected chi connectivity index (χ3v) is 4.32. The van der Waals surface area contributed by atoms with Gasteiger partial charge in [0.15, 0.2) is 0 Å². The van der Waals surface area contributed by atoms with Crippen LogP contribution in [0.4, 0.5) is 10.2 Å². The molecule has 21 heavy (non-hydrogen) atoms. The number of pyridine rings is 2. The summed E-state index contributed by atoms with van der Waals surface area (Å²) in [5.41, 5.74) is 2.04. The van der Waals surface area contributed by atoms with Gasteiger partial charge in [-0.15, -0.1) is 0 Å². The summed E-state index contributed by atoms with van der Waals surface area (Å²) >= 11 is 0. The number of anilines is 1. The summed E-state index contributed by atoms with van der Waals surface area (Å²) < 4.78 is 15.7. The van der Waals surface area contributed by atoms with Crippen molar-refractivity contribution in [3.63, 3.8) is 0 Å². The standard InChI is InChI=1S/C16H17FN4/c1-20-14-6-7-18-9-13(14)12-4-5-15(19-16(12)20)21-8-2-3-11(17)10-21/h4-7,9,11H,2-3,8,10H2,1H3/t11-/m0/s1. The van der Waals surface area contributed by atoms with Crippen molar-refractivity contribution in [1.82, 2.24) is 14.5 Å². The molecule has 4 nitrogen and oxygen atoms in total. The average Bonchev–Trinajstić information content (AvgIpc) is 2.81. The van der Waals surface area contributed by atoms with Crippen molar-refractivity contribution in [2.75, 3.05) is 18.0 Å². The quantitative estimate of drug-likeness (QED) is 0.688. The van der Waals surface area contributed by atoms with E-state index in [1.165, 1.54) is 0 Å². The highest BCUT2D eigenvalue weighted by Gasteiger charge is 2.21. The van der Waals surface area contributed by atoms with Crippen LogP contribution in [0.3, 0.4) is 0 Å². The molecule has 1 saturated heterocycles. The van der Waals surface area contributed by atoms with Crippen LogP contribution in [-0.2, 0) is 7.05 Å². The van der Waals surface area contributed by atoms with Crippen molar-refractivity contribution < 1.29 is 4.39 Å². The van der Waals surface area contributed by atoms with Gasteiger partial charge in [0.05, 0.1) is 12.1 Å². The largest absolute Gasteiger partial charge is 0.354 e. The number of aromatic nitrogens is 3. The molecule has 3 aromatic heterocycles. The highest BCUT2D eigenvalue weighted by molar-refractivity contribution is 6.06. The van der Waals surface area contributed by atoms with Gasteiger partial charge in [-0.2, -0.15) is 0 Å². The fourth-order valence-corrected chi connectivity index (χ4v) is 3.22. The Kier molecular flexibility index (Phi) is 2.80. The molecule has 5 heteroatoms. The number of hydrogen-bond donors (Lipinski definition) is 0. The zero-order valence-corrected chi connectivity index (χ0v) is 12.0. The minimum absolute atomic E-state index is 0.448. The van der Waals surface area contributed by atoms with E-state index in [2.05, 4.69) is 15.6 Å². The first-order valence-corrected chi connectivity index (χ1v) is 7.32. The van der Waals surface area contributed by atoms with Gasteiger partial charge in [-0.3, -0.25) is 4.98 Å². The SMILES string of the molecule is Cn1c2ccncc2c2ccc(N3CCC[C@H](F)C3)nc21. The lowest BCUT2D eigenvalue weighted by Gasteiger charge is -2.29. The predicted octanol–water partition coefficient (Wildman–Crippen LogP) is 3.06. The lowest BCUT2D eigenvalue weighted by Crippen LogP contribution is -2.36. The molecule has 108 valence electrons. The van der Waals surface area contributed by atoms with Crippen LogP contribution in [0.5, 0.6) is 0 Å². The van der Waals surface area contributed by atoms with E-state index in [1.54, 1.807) is 6.20 Å². The molecule has 0 radical (unpaired) electrons. The Morgan fingerprint density at radius 1 is 1.24 bits per heavy atom. The highest BCUT2D eigenvalue weighted by atomic mass is 19.1. The monoisotopic (exact) mass is 284 g/mol. The molecule has 1 atom stereocenters. The fourth-order valence-electron chi connectivity index (χ4n) is 3.22. The van der Waals surface area contributed by atoms with Crippen LogP contribution in [0, 0.1) is 0 Å². The van der Waals surface area contributed by atoms with Gasteiger partial charge in [-0.05, 0) is 31.0 Å². The number of alkyl halides is 1. The summed E-state index contributed by atoms with van der Waals surface area (Å²) in [6.45, 7) is 1.33. The van der Waals surface area contributed by atoms with Crippen molar-refractivity contribution >= 4 is 27.8 Å². The van der Waals surface area contributed by atoms with Crippen LogP contribution in [0.15, 0.2) is 30.6 Å². The van der Waals surface area contributed by atoms with E-state index in [1.807, 2.05) is 30.3 Å². The van der Waals surface area contributed by atoms with Gasteiger partial charge in [0.2, 0.25) is 0 Å². The lowest BCUT2D eigenvalue weighted by atomic mass is 10.1. The Balaban J connectivity index is 1.86. The Labute approximate surface area is 122 Å². The molecule has 0 bridgehead atoms. The number of rotatable bonds is 1. The second-order valence-electron chi connectivity index (χ2n) is 5.68. The average molecular weight is 284 g/mol. The van der Waals surface area contributed by atoms with Crippen molar-refractivity contribution in [3.05, 3.63) is 30.6 Å². The van der Waals surface area contributed by atoms with Crippen LogP contribution < -0.4 is 4.90 Å². The summed E-state index contributed by atoms with van der Waals surface area (Å²) in [4.78, 5) is 11.0. The molecule has 3 aromatic rings. The second kappa shape index (κ2) is 4.69. The van der Waals surface area contributed by atoms with Gasteiger partial charge in [0, 0.05) is 36.8 Å². The fraction of sp³-hybridized carbons (Fsp3) is 0.375. The van der Waals surface area contributed by atoms with E-state index in [9.17, 15) is 4.39 Å². The first-order valence-electron chi connectivity index (χ1n) is 7.32. The summed E-state index contributed by atoms with van der Waals surface area (Å²) in [6, 6.07) is 6.06. The van der Waals surface area contributed by atoms with E-state index in [0.717, 1.165) is 40.7 Å². The molecule has 4 heterocycles. The maximum Gasteiger partial charge on any atom is 0.143 e. The van der Waals surface area contributed by atoms with E-state index in [0.29, 0.717) is 13.0 Å². The number of nitrogens with zero attached hydrogens (tertiary/aromatic N) is 4. The number of piperidine rings is 1. The molecule has 0 N–H and O–H groups in total. The van der Waals surface area contributed by atoms with Gasteiger partial charge < -0.3 is 9.47 Å². The van der Waals surface area contributed by atoms with Gasteiger partial charge in [0.25, 0.3) is 0 Å². The van der Waals surface area contributed by atoms with E-state index in [-0.39, 0.29) is 0 Å². The van der Waals surface area contributed by atoms with Gasteiger partial charge in [-0.1, -0.05) is 0 Å². The molecule has 4 rings (SSSR count). The van der Waals surface area contributed by atoms with Crippen LogP contribution >= 0.6 is 0 Å². The normalized spacial score (nSPS) is 19.5. The number of hydrogen-bond acceptors (Lipinski definition) is 3. The third-order valence-electron chi connectivity index (χ3n) is 4.32. The zero-order valence-electron chi connectivity index (χ0n) is 12.0. The maximum absolute atomic E-state index is 13.6. The summed E-state index contributed by atoms with van der Waals surface area (Å²) in [6.07, 6.45) is 4.48. The number of aryl methyl sites for hydroxylation is 1. The molecular formula is C16H17FN4. The molecule has 0 aliphatic carbocycles. The molecule has 0 saturated carbocycles. The highest BCUT2D eigenvalue weighted by Crippen LogP contribution is 2.29. The third kappa shape index (κ3) is 1.95. The molecule has 0 unspecified atom stereocenters. The molecule has 0 amide bonds. The van der Waals surface area contributed by atoms with Gasteiger partial charge >= 0.3 is 0 Å². The molecular weight excluding hydrogens is 267 g/mol. The minimum Gasteiger partial charge on any atom is -0.354 e.